The van der Waals surface area contributed by atoms with Crippen molar-refractivity contribution in [3.8, 4) is 0 Å². The molecule has 0 radical (unpaired) electrons. The lowest BCUT2D eigenvalue weighted by molar-refractivity contribution is -0.147. The predicted molar refractivity (Wildman–Crippen MR) is 63.1 cm³/mol. The highest BCUT2D eigenvalue weighted by Crippen LogP contribution is 2.46. The van der Waals surface area contributed by atoms with Gasteiger partial charge in [0.15, 0.2) is 6.04 Å². The molecule has 1 saturated carbocycles. The molecular weight excluding hydrogens is 228 g/mol. The quantitative estimate of drug-likeness (QED) is 0.505. The Kier molecular flexibility index (Phi) is 4.61. The van der Waals surface area contributed by atoms with Crippen LogP contribution in [0.1, 0.15) is 19.8 Å². The zero-order valence-electron chi connectivity index (χ0n) is 9.62. The number of hydrogen-bond acceptors (Lipinski definition) is 5. The van der Waals surface area contributed by atoms with Crippen molar-refractivity contribution in [3.05, 3.63) is 0 Å². The number of hydrogen-bond donors (Lipinski definition) is 2. The topological polar surface area (TPSA) is 81.4 Å². The Morgan fingerprint density at radius 1 is 1.56 bits per heavy atom. The van der Waals surface area contributed by atoms with Crippen LogP contribution >= 0.6 is 11.8 Å². The third-order valence-corrected chi connectivity index (χ3v) is 4.07. The van der Waals surface area contributed by atoms with E-state index in [1.54, 1.807) is 18.7 Å². The summed E-state index contributed by atoms with van der Waals surface area (Å²) in [7, 11) is 0. The van der Waals surface area contributed by atoms with Crippen LogP contribution in [0.15, 0.2) is 0 Å². The number of esters is 1. The Balaban J connectivity index is 2.31. The summed E-state index contributed by atoms with van der Waals surface area (Å²) in [6.45, 7) is 2.48. The van der Waals surface area contributed by atoms with Crippen LogP contribution in [0.4, 0.5) is 0 Å². The molecule has 92 valence electrons. The van der Waals surface area contributed by atoms with Gasteiger partial charge in [0.25, 0.3) is 0 Å². The van der Waals surface area contributed by atoms with Crippen molar-refractivity contribution in [3.63, 3.8) is 0 Å². The van der Waals surface area contributed by atoms with Crippen molar-refractivity contribution in [1.82, 2.24) is 5.32 Å². The Morgan fingerprint density at radius 3 is 2.62 bits per heavy atom. The van der Waals surface area contributed by atoms with E-state index in [1.165, 1.54) is 0 Å². The SMILES string of the molecule is CCOC(=O)C(N)C(=O)NCC1(SC)CC1. The maximum Gasteiger partial charge on any atom is 0.332 e. The molecule has 1 rings (SSSR count). The Labute approximate surface area is 99.5 Å². The van der Waals surface area contributed by atoms with E-state index in [4.69, 9.17) is 5.73 Å². The average molecular weight is 246 g/mol. The summed E-state index contributed by atoms with van der Waals surface area (Å²) in [5, 5.41) is 2.69. The molecule has 1 atom stereocenters. The lowest BCUT2D eigenvalue weighted by Gasteiger charge is -2.15. The first-order valence-corrected chi connectivity index (χ1v) is 6.52. The van der Waals surface area contributed by atoms with Crippen molar-refractivity contribution in [1.29, 1.82) is 0 Å². The molecule has 1 amide bonds. The van der Waals surface area contributed by atoms with Gasteiger partial charge in [0.1, 0.15) is 0 Å². The van der Waals surface area contributed by atoms with Crippen LogP contribution in [0.2, 0.25) is 0 Å². The van der Waals surface area contributed by atoms with Gasteiger partial charge in [-0.3, -0.25) is 4.79 Å². The van der Waals surface area contributed by atoms with Gasteiger partial charge in [-0.25, -0.2) is 4.79 Å². The minimum atomic E-state index is -1.21. The second kappa shape index (κ2) is 5.54. The van der Waals surface area contributed by atoms with Gasteiger partial charge >= 0.3 is 5.97 Å². The van der Waals surface area contributed by atoms with Gasteiger partial charge in [0.2, 0.25) is 5.91 Å². The summed E-state index contributed by atoms with van der Waals surface area (Å²) in [5.74, 6) is -1.13. The number of nitrogens with two attached hydrogens (primary N) is 1. The van der Waals surface area contributed by atoms with Crippen molar-refractivity contribution < 1.29 is 14.3 Å². The predicted octanol–water partition coefficient (Wildman–Crippen LogP) is -0.111. The zero-order valence-corrected chi connectivity index (χ0v) is 10.4. The molecule has 16 heavy (non-hydrogen) atoms. The van der Waals surface area contributed by atoms with Gasteiger partial charge in [-0.2, -0.15) is 11.8 Å². The lowest BCUT2D eigenvalue weighted by Crippen LogP contribution is -2.48. The van der Waals surface area contributed by atoms with Gasteiger partial charge in [-0.05, 0) is 26.0 Å². The summed E-state index contributed by atoms with van der Waals surface area (Å²) in [5.41, 5.74) is 5.44. The standard InChI is InChI=1S/C10H18N2O3S/c1-3-15-9(14)7(11)8(13)12-6-10(16-2)4-5-10/h7H,3-6,11H2,1-2H3,(H,12,13). The van der Waals surface area contributed by atoms with Crippen LogP contribution in [0, 0.1) is 0 Å². The fourth-order valence-electron chi connectivity index (χ4n) is 1.29. The maximum atomic E-state index is 11.5. The third-order valence-electron chi connectivity index (χ3n) is 2.65. The number of carbonyl (C=O) groups excluding carboxylic acids is 2. The van der Waals surface area contributed by atoms with Gasteiger partial charge in [0.05, 0.1) is 6.61 Å². The van der Waals surface area contributed by atoms with Gasteiger partial charge < -0.3 is 15.8 Å². The van der Waals surface area contributed by atoms with E-state index in [1.807, 2.05) is 6.26 Å². The van der Waals surface area contributed by atoms with E-state index in [-0.39, 0.29) is 11.4 Å². The van der Waals surface area contributed by atoms with Crippen LogP contribution in [-0.2, 0) is 14.3 Å². The fourth-order valence-corrected chi connectivity index (χ4v) is 2.02. The monoisotopic (exact) mass is 246 g/mol. The first kappa shape index (κ1) is 13.3. The second-order valence-corrected chi connectivity index (χ2v) is 5.11. The molecule has 1 fully saturated rings. The number of amides is 1. The van der Waals surface area contributed by atoms with Crippen molar-refractivity contribution in [2.75, 3.05) is 19.4 Å². The first-order chi connectivity index (χ1) is 7.54. The molecule has 0 aliphatic heterocycles. The van der Waals surface area contributed by atoms with E-state index in [9.17, 15) is 9.59 Å². The summed E-state index contributed by atoms with van der Waals surface area (Å²) in [4.78, 5) is 22.7. The van der Waals surface area contributed by atoms with Crippen molar-refractivity contribution >= 4 is 23.6 Å². The summed E-state index contributed by atoms with van der Waals surface area (Å²) in [6, 6.07) is -1.21. The number of nitrogens with one attached hydrogen (secondary N) is 1. The molecule has 1 aliphatic carbocycles. The van der Waals surface area contributed by atoms with Crippen molar-refractivity contribution in [2.24, 2.45) is 5.73 Å². The molecule has 0 aromatic heterocycles. The second-order valence-electron chi connectivity index (χ2n) is 3.83. The van der Waals surface area contributed by atoms with Crippen molar-refractivity contribution in [2.45, 2.75) is 30.6 Å². The molecular formula is C10H18N2O3S. The average Bonchev–Trinajstić information content (AvgIpc) is 3.06. The zero-order chi connectivity index (χ0) is 12.2. The van der Waals surface area contributed by atoms with Crippen LogP contribution in [0.5, 0.6) is 0 Å². The number of rotatable bonds is 6. The summed E-state index contributed by atoms with van der Waals surface area (Å²) in [6.07, 6.45) is 4.22. The number of thioether (sulfide) groups is 1. The molecule has 5 nitrogen and oxygen atoms in total. The molecule has 0 aromatic rings. The molecule has 0 spiro atoms. The van der Waals surface area contributed by atoms with E-state index < -0.39 is 17.9 Å². The number of carbonyl (C=O) groups is 2. The van der Waals surface area contributed by atoms with E-state index in [0.29, 0.717) is 6.54 Å². The molecule has 0 heterocycles. The molecule has 3 N–H and O–H groups in total. The highest BCUT2D eigenvalue weighted by Gasteiger charge is 2.42. The van der Waals surface area contributed by atoms with E-state index in [2.05, 4.69) is 10.1 Å². The smallest absolute Gasteiger partial charge is 0.332 e. The largest absolute Gasteiger partial charge is 0.464 e. The van der Waals surface area contributed by atoms with Crippen LogP contribution < -0.4 is 11.1 Å². The highest BCUT2D eigenvalue weighted by atomic mass is 32.2. The first-order valence-electron chi connectivity index (χ1n) is 5.30. The third kappa shape index (κ3) is 3.38. The highest BCUT2D eigenvalue weighted by molar-refractivity contribution is 8.00. The van der Waals surface area contributed by atoms with Gasteiger partial charge in [-0.15, -0.1) is 0 Å². The minimum absolute atomic E-state index is 0.171. The van der Waals surface area contributed by atoms with Gasteiger partial charge in [-0.1, -0.05) is 0 Å². The molecule has 0 saturated heterocycles. The molecule has 0 aromatic carbocycles. The fraction of sp³-hybridized carbons (Fsp3) is 0.800. The Morgan fingerprint density at radius 2 is 2.19 bits per heavy atom. The van der Waals surface area contributed by atoms with Crippen LogP contribution in [0.25, 0.3) is 0 Å². The van der Waals surface area contributed by atoms with Gasteiger partial charge in [0, 0.05) is 11.3 Å². The molecule has 0 bridgehead atoms. The Bertz CT molecular complexity index is 279. The Hall–Kier alpha value is -0.750. The molecule has 6 heteroatoms. The lowest BCUT2D eigenvalue weighted by atomic mass is 10.3. The van der Waals surface area contributed by atoms with Crippen LogP contribution in [0.3, 0.4) is 0 Å². The molecule has 1 unspecified atom stereocenters. The summed E-state index contributed by atoms with van der Waals surface area (Å²) >= 11 is 1.74. The molecule has 1 aliphatic rings. The summed E-state index contributed by atoms with van der Waals surface area (Å²) < 4.78 is 4.84. The van der Waals surface area contributed by atoms with E-state index >= 15 is 0 Å². The maximum absolute atomic E-state index is 11.5. The van der Waals surface area contributed by atoms with E-state index in [0.717, 1.165) is 12.8 Å². The minimum Gasteiger partial charge on any atom is -0.464 e. The number of ether oxygens (including phenoxy) is 1. The van der Waals surface area contributed by atoms with Crippen LogP contribution in [-0.4, -0.2) is 42.1 Å². The normalized spacial score (nSPS) is 18.7.